The molecule has 0 amide bonds. The number of allylic oxidation sites excluding steroid dienone is 1. The van der Waals surface area contributed by atoms with Crippen molar-refractivity contribution in [2.75, 3.05) is 18.4 Å². The Morgan fingerprint density at radius 2 is 1.74 bits per heavy atom. The Kier molecular flexibility index (Phi) is 8.97. The number of carbonyl (C=O) groups is 1. The zero-order valence-corrected chi connectivity index (χ0v) is 25.2. The number of aliphatic carboxylic acids is 1. The third kappa shape index (κ3) is 7.09. The average molecular weight is 619 g/mol. The maximum Gasteiger partial charge on any atom is 0.303 e. The molecule has 11 nitrogen and oxygen atoms in total. The summed E-state index contributed by atoms with van der Waals surface area (Å²) in [5, 5.41) is 12.6. The van der Waals surface area contributed by atoms with Crippen molar-refractivity contribution in [2.24, 2.45) is 0 Å². The minimum atomic E-state index is -5.03. The van der Waals surface area contributed by atoms with Crippen molar-refractivity contribution in [3.8, 4) is 11.3 Å². The molecule has 3 N–H and O–H groups in total. The van der Waals surface area contributed by atoms with Crippen LogP contribution in [0.3, 0.4) is 0 Å². The molecule has 1 aliphatic heterocycles. The van der Waals surface area contributed by atoms with Gasteiger partial charge in [0.2, 0.25) is 5.36 Å². The number of nitrogens with zero attached hydrogens (tertiary/aromatic N) is 1. The number of hydrogen-bond acceptors (Lipinski definition) is 8. The Bertz CT molecular complexity index is 1790. The first kappa shape index (κ1) is 31.4. The second kappa shape index (κ2) is 12.0. The Morgan fingerprint density at radius 1 is 1.05 bits per heavy atom. The van der Waals surface area contributed by atoms with Gasteiger partial charge >= 0.3 is 5.97 Å². The fourth-order valence-corrected chi connectivity index (χ4v) is 6.50. The lowest BCUT2D eigenvalue weighted by Crippen LogP contribution is -2.31. The molecule has 3 aliphatic rings. The van der Waals surface area contributed by atoms with Crippen molar-refractivity contribution in [1.82, 2.24) is 4.58 Å². The zero-order valence-electron chi connectivity index (χ0n) is 23.6. The van der Waals surface area contributed by atoms with E-state index in [0.29, 0.717) is 36.5 Å². The molecule has 0 atom stereocenters. The van der Waals surface area contributed by atoms with Crippen molar-refractivity contribution in [3.63, 3.8) is 0 Å². The monoisotopic (exact) mass is 618 g/mol. The van der Waals surface area contributed by atoms with Gasteiger partial charge in [-0.3, -0.25) is 9.35 Å². The SMILES string of the molecule is CC[N+](CCCCCC(=O)O)=c1ccc2cc3c(oc-2c1)C(S(=O)(=O)[O-])=C(Nc1ccc(S(=O)(=O)O)cc1)CC3(C)C. The van der Waals surface area contributed by atoms with Crippen molar-refractivity contribution in [2.45, 2.75) is 63.2 Å². The van der Waals surface area contributed by atoms with Crippen molar-refractivity contribution < 1.29 is 40.3 Å². The van der Waals surface area contributed by atoms with Gasteiger partial charge in [-0.1, -0.05) is 13.8 Å². The molecular formula is C29H34N2O9S2. The van der Waals surface area contributed by atoms with E-state index in [4.69, 9.17) is 9.52 Å². The summed E-state index contributed by atoms with van der Waals surface area (Å²) in [5.74, 6) is -0.474. The second-order valence-corrected chi connectivity index (χ2v) is 13.7. The van der Waals surface area contributed by atoms with E-state index in [2.05, 4.69) is 9.89 Å². The lowest BCUT2D eigenvalue weighted by molar-refractivity contribution is -0.137. The fourth-order valence-electron chi connectivity index (χ4n) is 5.21. The molecule has 2 aliphatic carbocycles. The first-order valence-electron chi connectivity index (χ1n) is 13.5. The summed E-state index contributed by atoms with van der Waals surface area (Å²) in [4.78, 5) is 9.92. The van der Waals surface area contributed by atoms with Gasteiger partial charge in [0, 0.05) is 41.4 Å². The van der Waals surface area contributed by atoms with Gasteiger partial charge in [0.1, 0.15) is 33.9 Å². The predicted octanol–water partition coefficient (Wildman–Crippen LogP) is 4.08. The molecule has 0 unspecified atom stereocenters. The lowest BCUT2D eigenvalue weighted by Gasteiger charge is -2.36. The van der Waals surface area contributed by atoms with E-state index in [1.807, 2.05) is 39.0 Å². The van der Waals surface area contributed by atoms with Crippen LogP contribution in [0.2, 0.25) is 0 Å². The number of rotatable bonds is 11. The van der Waals surface area contributed by atoms with E-state index >= 15 is 0 Å². The van der Waals surface area contributed by atoms with Gasteiger partial charge in [-0.15, -0.1) is 0 Å². The van der Waals surface area contributed by atoms with Crippen LogP contribution in [0.5, 0.6) is 0 Å². The topological polar surface area (TPSA) is 177 Å². The van der Waals surface area contributed by atoms with Crippen LogP contribution in [0.1, 0.15) is 64.2 Å². The van der Waals surface area contributed by atoms with Gasteiger partial charge < -0.3 is 19.4 Å². The molecule has 0 bridgehead atoms. The summed E-state index contributed by atoms with van der Waals surface area (Å²) >= 11 is 0. The van der Waals surface area contributed by atoms with Crippen LogP contribution in [0.25, 0.3) is 16.2 Å². The predicted molar refractivity (Wildman–Crippen MR) is 156 cm³/mol. The molecule has 226 valence electrons. The summed E-state index contributed by atoms with van der Waals surface area (Å²) in [7, 11) is -9.44. The number of fused-ring (bicyclic) bond motifs is 2. The van der Waals surface area contributed by atoms with Crippen LogP contribution in [0.15, 0.2) is 63.5 Å². The molecule has 1 aromatic rings. The van der Waals surface area contributed by atoms with Crippen LogP contribution in [0.4, 0.5) is 5.69 Å². The summed E-state index contributed by atoms with van der Waals surface area (Å²) < 4.78 is 78.3. The first-order chi connectivity index (χ1) is 19.6. The molecule has 42 heavy (non-hydrogen) atoms. The standard InChI is InChI=1S/C29H34N2O9S2/c1-4-31(15-7-5-6-8-26(32)33)21-12-9-19-16-23-27(40-25(19)17-21)28(42(37,38)39)24(18-29(23,2)3)30-20-10-13-22(14-11-20)41(34,35)36/h9-14,16-17H,4-8,15,18H2,1-3H3,(H3,32,33,34,35,36,37,38,39). The number of benzene rings is 2. The normalized spacial score (nSPS) is 15.8. The van der Waals surface area contributed by atoms with Gasteiger partial charge in [0.05, 0.1) is 11.0 Å². The minimum absolute atomic E-state index is 0.0559. The molecule has 0 spiro atoms. The van der Waals surface area contributed by atoms with Gasteiger partial charge in [-0.25, -0.2) is 13.0 Å². The van der Waals surface area contributed by atoms with E-state index in [0.717, 1.165) is 35.9 Å². The van der Waals surface area contributed by atoms with Gasteiger partial charge in [0.15, 0.2) is 5.76 Å². The molecule has 0 fully saturated rings. The van der Waals surface area contributed by atoms with E-state index < -0.39 is 36.5 Å². The third-order valence-electron chi connectivity index (χ3n) is 7.34. The third-order valence-corrected chi connectivity index (χ3v) is 9.14. The smallest absolute Gasteiger partial charge is 0.303 e. The Morgan fingerprint density at radius 3 is 2.33 bits per heavy atom. The molecule has 1 heterocycles. The number of nitrogens with one attached hydrogen (secondary N) is 1. The first-order valence-corrected chi connectivity index (χ1v) is 16.4. The Balaban J connectivity index is 1.80. The maximum absolute atomic E-state index is 12.6. The van der Waals surface area contributed by atoms with Crippen molar-refractivity contribution >= 4 is 36.8 Å². The fraction of sp³-hybridized carbons (Fsp3) is 0.379. The lowest BCUT2D eigenvalue weighted by atomic mass is 9.76. The number of carboxylic acid groups (broad SMARTS) is 1. The molecule has 0 saturated carbocycles. The summed E-state index contributed by atoms with van der Waals surface area (Å²) in [6.45, 7) is 7.19. The van der Waals surface area contributed by atoms with Gasteiger partial charge in [0.25, 0.3) is 10.1 Å². The van der Waals surface area contributed by atoms with E-state index in [1.165, 1.54) is 12.1 Å². The molecule has 1 aromatic carbocycles. The highest BCUT2D eigenvalue weighted by Crippen LogP contribution is 2.46. The number of carboxylic acids is 1. The van der Waals surface area contributed by atoms with E-state index in [1.54, 1.807) is 6.07 Å². The van der Waals surface area contributed by atoms with E-state index in [-0.39, 0.29) is 29.2 Å². The number of anilines is 1. The highest BCUT2D eigenvalue weighted by atomic mass is 32.2. The molecular weight excluding hydrogens is 584 g/mol. The second-order valence-electron chi connectivity index (χ2n) is 10.9. The minimum Gasteiger partial charge on any atom is -0.744 e. The van der Waals surface area contributed by atoms with Gasteiger partial charge in [-0.2, -0.15) is 8.42 Å². The molecule has 0 aromatic heterocycles. The zero-order chi connectivity index (χ0) is 30.9. The Labute approximate surface area is 245 Å². The van der Waals surface area contributed by atoms with Crippen LogP contribution in [-0.2, 0) is 30.4 Å². The average Bonchev–Trinajstić information content (AvgIpc) is 2.88. The molecule has 0 saturated heterocycles. The van der Waals surface area contributed by atoms with Gasteiger partial charge in [-0.05, 0) is 68.0 Å². The number of hydrogen-bond donors (Lipinski definition) is 3. The van der Waals surface area contributed by atoms with Crippen LogP contribution in [0, 0.1) is 0 Å². The Hall–Kier alpha value is -3.52. The summed E-state index contributed by atoms with van der Waals surface area (Å²) in [6, 6.07) is 12.5. The highest BCUT2D eigenvalue weighted by molar-refractivity contribution is 7.95. The molecule has 0 radical (unpaired) electrons. The summed E-state index contributed by atoms with van der Waals surface area (Å²) in [5.41, 5.74) is 1.10. The maximum atomic E-state index is 12.6. The van der Waals surface area contributed by atoms with Crippen molar-refractivity contribution in [1.29, 1.82) is 0 Å². The summed E-state index contributed by atoms with van der Waals surface area (Å²) in [6.07, 6.45) is 2.46. The molecule has 4 rings (SSSR count). The molecule has 13 heteroatoms. The number of unbranched alkanes of at least 4 members (excludes halogenated alkanes) is 2. The highest BCUT2D eigenvalue weighted by Gasteiger charge is 2.38. The van der Waals surface area contributed by atoms with E-state index in [9.17, 15) is 30.7 Å². The largest absolute Gasteiger partial charge is 0.744 e. The van der Waals surface area contributed by atoms with Crippen LogP contribution in [-0.4, -0.2) is 50.1 Å². The van der Waals surface area contributed by atoms with Crippen LogP contribution < -0.4 is 15.2 Å². The van der Waals surface area contributed by atoms with Crippen molar-refractivity contribution in [3.05, 3.63) is 70.9 Å². The quantitative estimate of drug-likeness (QED) is 0.161. The van der Waals surface area contributed by atoms with Crippen LogP contribution >= 0.6 is 0 Å².